The van der Waals surface area contributed by atoms with Crippen molar-refractivity contribution in [2.24, 2.45) is 5.73 Å². The van der Waals surface area contributed by atoms with Gasteiger partial charge in [-0.05, 0) is 12.1 Å². The van der Waals surface area contributed by atoms with Gasteiger partial charge in [0.25, 0.3) is 0 Å². The minimum Gasteiger partial charge on any atom is -0.393 e. The number of thiocarbonyl (C=S) groups is 1. The number of rotatable bonds is 7. The van der Waals surface area contributed by atoms with Crippen LogP contribution in [0.2, 0.25) is 0 Å². The summed E-state index contributed by atoms with van der Waals surface area (Å²) in [6.07, 6.45) is 0.346. The fourth-order valence-electron chi connectivity index (χ4n) is 1.55. The summed E-state index contributed by atoms with van der Waals surface area (Å²) in [7, 11) is 1.50. The smallest absolute Gasteiger partial charge is 0.322 e. The van der Waals surface area contributed by atoms with Crippen LogP contribution in [0.5, 0.6) is 0 Å². The minimum absolute atomic E-state index is 0.0980. The van der Waals surface area contributed by atoms with Crippen molar-refractivity contribution in [2.45, 2.75) is 6.42 Å². The van der Waals surface area contributed by atoms with Gasteiger partial charge in [-0.15, -0.1) is 0 Å². The molecule has 0 aliphatic heterocycles. The van der Waals surface area contributed by atoms with Gasteiger partial charge < -0.3 is 20.7 Å². The monoisotopic (exact) mass is 317 g/mol. The molecule has 0 aliphatic rings. The number of urea groups is 1. The van der Waals surface area contributed by atoms with E-state index < -0.39 is 17.7 Å². The number of benzene rings is 1. The number of hydrogen-bond acceptors (Lipinski definition) is 3. The molecule has 0 aromatic heterocycles. The van der Waals surface area contributed by atoms with E-state index in [1.165, 1.54) is 12.0 Å². The molecule has 0 saturated heterocycles. The maximum atomic E-state index is 13.5. The zero-order chi connectivity index (χ0) is 15.8. The van der Waals surface area contributed by atoms with Gasteiger partial charge in [0.2, 0.25) is 0 Å². The van der Waals surface area contributed by atoms with E-state index in [1.54, 1.807) is 0 Å². The van der Waals surface area contributed by atoms with Gasteiger partial charge in [0.05, 0.1) is 17.3 Å². The lowest BCUT2D eigenvalue weighted by molar-refractivity contribution is 0.156. The third-order valence-corrected chi connectivity index (χ3v) is 2.86. The molecule has 1 aromatic carbocycles. The third kappa shape index (κ3) is 6.01. The van der Waals surface area contributed by atoms with Crippen LogP contribution in [0.25, 0.3) is 0 Å². The molecule has 0 saturated carbocycles. The third-order valence-electron chi connectivity index (χ3n) is 2.65. The number of anilines is 1. The normalized spacial score (nSPS) is 10.2. The molecule has 0 unspecified atom stereocenters. The molecular formula is C13H17F2N3O2S. The summed E-state index contributed by atoms with van der Waals surface area (Å²) in [4.78, 5) is 13.8. The van der Waals surface area contributed by atoms with Gasteiger partial charge in [0.1, 0.15) is 11.6 Å². The molecule has 1 rings (SSSR count). The summed E-state index contributed by atoms with van der Waals surface area (Å²) in [5.74, 6) is -1.56. The van der Waals surface area contributed by atoms with E-state index >= 15 is 0 Å². The Bertz CT molecular complexity index is 514. The minimum atomic E-state index is -0.843. The molecule has 0 spiro atoms. The second-order valence-electron chi connectivity index (χ2n) is 4.25. The predicted molar refractivity (Wildman–Crippen MR) is 80.2 cm³/mol. The van der Waals surface area contributed by atoms with E-state index in [1.807, 2.05) is 0 Å². The van der Waals surface area contributed by atoms with Crippen LogP contribution in [0.3, 0.4) is 0 Å². The van der Waals surface area contributed by atoms with E-state index in [-0.39, 0.29) is 17.2 Å². The van der Waals surface area contributed by atoms with Crippen molar-refractivity contribution in [3.63, 3.8) is 0 Å². The highest BCUT2D eigenvalue weighted by Gasteiger charge is 2.15. The number of ether oxygens (including phenoxy) is 1. The van der Waals surface area contributed by atoms with Gasteiger partial charge in [-0.1, -0.05) is 12.2 Å². The van der Waals surface area contributed by atoms with Crippen molar-refractivity contribution >= 4 is 28.9 Å². The van der Waals surface area contributed by atoms with Gasteiger partial charge in [0, 0.05) is 32.7 Å². The largest absolute Gasteiger partial charge is 0.393 e. The summed E-state index contributed by atoms with van der Waals surface area (Å²) in [6.45, 7) is 0.901. The van der Waals surface area contributed by atoms with Crippen LogP contribution in [-0.2, 0) is 4.74 Å². The molecule has 0 atom stereocenters. The number of nitrogens with zero attached hydrogens (tertiary/aromatic N) is 1. The van der Waals surface area contributed by atoms with Crippen LogP contribution in [0.1, 0.15) is 6.42 Å². The molecule has 5 nitrogen and oxygen atoms in total. The standard InChI is InChI=1S/C13H17F2N3O2S/c1-20-7-6-18(5-4-12(16)21)13(19)17-11-3-2-9(14)8-10(11)15/h2-3,8H,4-7H2,1H3,(H2,16,21)(H,17,19). The summed E-state index contributed by atoms with van der Waals surface area (Å²) in [5, 5.41) is 2.38. The van der Waals surface area contributed by atoms with Crippen LogP contribution in [-0.4, -0.2) is 42.7 Å². The van der Waals surface area contributed by atoms with Crippen LogP contribution in [0, 0.1) is 11.6 Å². The van der Waals surface area contributed by atoms with E-state index in [4.69, 9.17) is 22.7 Å². The lowest BCUT2D eigenvalue weighted by Gasteiger charge is -2.22. The van der Waals surface area contributed by atoms with Crippen molar-refractivity contribution in [3.05, 3.63) is 29.8 Å². The van der Waals surface area contributed by atoms with Crippen molar-refractivity contribution in [2.75, 3.05) is 32.1 Å². The zero-order valence-electron chi connectivity index (χ0n) is 11.6. The molecular weight excluding hydrogens is 300 g/mol. The maximum Gasteiger partial charge on any atom is 0.322 e. The first kappa shape index (κ1) is 17.3. The van der Waals surface area contributed by atoms with E-state index in [2.05, 4.69) is 5.32 Å². The lowest BCUT2D eigenvalue weighted by atomic mass is 10.3. The Morgan fingerprint density at radius 1 is 1.43 bits per heavy atom. The number of amides is 2. The van der Waals surface area contributed by atoms with Crippen LogP contribution < -0.4 is 11.1 Å². The van der Waals surface area contributed by atoms with Gasteiger partial charge in [-0.25, -0.2) is 13.6 Å². The molecule has 21 heavy (non-hydrogen) atoms. The van der Waals surface area contributed by atoms with Crippen molar-refractivity contribution in [1.29, 1.82) is 0 Å². The fourth-order valence-corrected chi connectivity index (χ4v) is 1.64. The van der Waals surface area contributed by atoms with Gasteiger partial charge in [-0.3, -0.25) is 0 Å². The summed E-state index contributed by atoms with van der Waals surface area (Å²) in [6, 6.07) is 2.39. The number of nitrogens with two attached hydrogens (primary N) is 1. The lowest BCUT2D eigenvalue weighted by Crippen LogP contribution is -2.39. The summed E-state index contributed by atoms with van der Waals surface area (Å²) in [5.41, 5.74) is 5.31. The SMILES string of the molecule is COCCN(CCC(N)=S)C(=O)Nc1ccc(F)cc1F. The molecule has 2 amide bonds. The highest BCUT2D eigenvalue weighted by Crippen LogP contribution is 2.15. The summed E-state index contributed by atoms with van der Waals surface area (Å²) < 4.78 is 31.2. The number of halogens is 2. The number of carbonyl (C=O) groups excluding carboxylic acids is 1. The van der Waals surface area contributed by atoms with E-state index in [9.17, 15) is 13.6 Å². The number of hydrogen-bond donors (Lipinski definition) is 2. The Hall–Kier alpha value is -1.80. The Balaban J connectivity index is 2.72. The highest BCUT2D eigenvalue weighted by atomic mass is 32.1. The molecule has 8 heteroatoms. The molecule has 0 bridgehead atoms. The zero-order valence-corrected chi connectivity index (χ0v) is 12.4. The second kappa shape index (κ2) is 8.48. The number of carbonyl (C=O) groups is 1. The molecule has 1 aromatic rings. The Morgan fingerprint density at radius 3 is 2.71 bits per heavy atom. The van der Waals surface area contributed by atoms with Gasteiger partial charge in [0.15, 0.2) is 0 Å². The maximum absolute atomic E-state index is 13.5. The van der Waals surface area contributed by atoms with Crippen LogP contribution in [0.15, 0.2) is 18.2 Å². The molecule has 0 fully saturated rings. The number of methoxy groups -OCH3 is 1. The van der Waals surface area contributed by atoms with Gasteiger partial charge in [-0.2, -0.15) is 0 Å². The van der Waals surface area contributed by atoms with Crippen LogP contribution in [0.4, 0.5) is 19.3 Å². The van der Waals surface area contributed by atoms with E-state index in [0.29, 0.717) is 25.6 Å². The predicted octanol–water partition coefficient (Wildman–Crippen LogP) is 2.12. The topological polar surface area (TPSA) is 67.6 Å². The highest BCUT2D eigenvalue weighted by molar-refractivity contribution is 7.80. The first-order chi connectivity index (χ1) is 9.93. The molecule has 0 heterocycles. The van der Waals surface area contributed by atoms with Crippen molar-refractivity contribution in [1.82, 2.24) is 4.90 Å². The first-order valence-corrected chi connectivity index (χ1v) is 6.63. The molecule has 0 radical (unpaired) electrons. The Labute approximate surface area is 127 Å². The molecule has 0 aliphatic carbocycles. The first-order valence-electron chi connectivity index (χ1n) is 6.22. The van der Waals surface area contributed by atoms with Crippen molar-refractivity contribution in [3.8, 4) is 0 Å². The average Bonchev–Trinajstić information content (AvgIpc) is 2.41. The Kier molecular flexibility index (Phi) is 6.97. The average molecular weight is 317 g/mol. The quantitative estimate of drug-likeness (QED) is 0.756. The van der Waals surface area contributed by atoms with Crippen molar-refractivity contribution < 1.29 is 18.3 Å². The Morgan fingerprint density at radius 2 is 2.14 bits per heavy atom. The van der Waals surface area contributed by atoms with Crippen LogP contribution >= 0.6 is 12.2 Å². The molecule has 116 valence electrons. The number of nitrogens with one attached hydrogen (secondary N) is 1. The second-order valence-corrected chi connectivity index (χ2v) is 4.77. The fraction of sp³-hybridized carbons (Fsp3) is 0.385. The van der Waals surface area contributed by atoms with E-state index in [0.717, 1.165) is 12.1 Å². The summed E-state index contributed by atoms with van der Waals surface area (Å²) >= 11 is 4.76. The van der Waals surface area contributed by atoms with Gasteiger partial charge >= 0.3 is 6.03 Å². The molecule has 3 N–H and O–H groups in total.